The first kappa shape index (κ1) is 24.5. The third kappa shape index (κ3) is 5.24. The fraction of sp³-hybridized carbons (Fsp3) is 0.308. The smallest absolute Gasteiger partial charge is 0.283 e. The Kier molecular flexibility index (Phi) is 7.25. The highest BCUT2D eigenvalue weighted by molar-refractivity contribution is 8.27. The Labute approximate surface area is 209 Å². The molecule has 2 aliphatic heterocycles. The minimum atomic E-state index is -0.461. The van der Waals surface area contributed by atoms with Crippen molar-refractivity contribution in [1.29, 1.82) is 5.41 Å². The van der Waals surface area contributed by atoms with Gasteiger partial charge in [0.1, 0.15) is 24.0 Å². The first-order valence-corrected chi connectivity index (χ1v) is 12.1. The number of carbonyl (C=O) groups is 1. The summed E-state index contributed by atoms with van der Waals surface area (Å²) in [5.41, 5.74) is 3.02. The van der Waals surface area contributed by atoms with Crippen molar-refractivity contribution in [2.24, 2.45) is 16.0 Å². The largest absolute Gasteiger partial charge is 0.493 e. The fourth-order valence-corrected chi connectivity index (χ4v) is 4.51. The first-order chi connectivity index (χ1) is 16.8. The zero-order chi connectivity index (χ0) is 25.1. The molecular weight excluding hydrogens is 464 g/mol. The maximum Gasteiger partial charge on any atom is 0.283 e. The maximum absolute atomic E-state index is 12.6. The van der Waals surface area contributed by atoms with Crippen molar-refractivity contribution in [3.8, 4) is 17.2 Å². The summed E-state index contributed by atoms with van der Waals surface area (Å²) in [5, 5.41) is 15.6. The Morgan fingerprint density at radius 2 is 1.80 bits per heavy atom. The quantitative estimate of drug-likeness (QED) is 0.409. The maximum atomic E-state index is 12.6. The Hall–Kier alpha value is -3.59. The lowest BCUT2D eigenvalue weighted by atomic mass is 10.1. The molecule has 2 heterocycles. The number of nitrogens with zero attached hydrogens (tertiary/aromatic N) is 3. The zero-order valence-corrected chi connectivity index (χ0v) is 21.2. The van der Waals surface area contributed by atoms with Gasteiger partial charge in [0.25, 0.3) is 5.91 Å². The average molecular weight is 493 g/mol. The van der Waals surface area contributed by atoms with Crippen LogP contribution in [0.4, 0.5) is 0 Å². The number of rotatable bonds is 8. The molecule has 0 fully saturated rings. The van der Waals surface area contributed by atoms with E-state index in [2.05, 4.69) is 10.1 Å². The summed E-state index contributed by atoms with van der Waals surface area (Å²) >= 11 is 1.33. The number of methoxy groups -OCH3 is 1. The van der Waals surface area contributed by atoms with Gasteiger partial charge in [0.2, 0.25) is 5.17 Å². The molecule has 4 rings (SSSR count). The van der Waals surface area contributed by atoms with Crippen LogP contribution in [0.25, 0.3) is 6.08 Å². The predicted molar refractivity (Wildman–Crippen MR) is 140 cm³/mol. The van der Waals surface area contributed by atoms with Crippen molar-refractivity contribution in [1.82, 2.24) is 5.01 Å². The van der Waals surface area contributed by atoms with E-state index in [1.54, 1.807) is 31.4 Å². The highest BCUT2D eigenvalue weighted by atomic mass is 32.2. The molecule has 35 heavy (non-hydrogen) atoms. The number of hydrogen-bond acceptors (Lipinski definition) is 7. The van der Waals surface area contributed by atoms with Crippen LogP contribution in [-0.2, 0) is 4.79 Å². The Morgan fingerprint density at radius 3 is 2.49 bits per heavy atom. The van der Waals surface area contributed by atoms with E-state index < -0.39 is 5.91 Å². The van der Waals surface area contributed by atoms with Crippen molar-refractivity contribution < 1.29 is 19.0 Å². The number of thioether (sulfide) groups is 1. The van der Waals surface area contributed by atoms with Gasteiger partial charge in [-0.15, -0.1) is 0 Å². The number of aryl methyl sites for hydroxylation is 2. The summed E-state index contributed by atoms with van der Waals surface area (Å²) in [7, 11) is 1.56. The molecule has 0 aliphatic carbocycles. The van der Waals surface area contributed by atoms with Crippen molar-refractivity contribution >= 4 is 39.8 Å². The Morgan fingerprint density at radius 1 is 1.09 bits per heavy atom. The molecule has 0 aromatic heterocycles. The second-order valence-corrected chi connectivity index (χ2v) is 9.43. The highest BCUT2D eigenvalue weighted by Crippen LogP contribution is 2.33. The van der Waals surface area contributed by atoms with Crippen LogP contribution in [0.5, 0.6) is 17.2 Å². The van der Waals surface area contributed by atoms with E-state index >= 15 is 0 Å². The van der Waals surface area contributed by atoms with Gasteiger partial charge < -0.3 is 14.2 Å². The summed E-state index contributed by atoms with van der Waals surface area (Å²) in [6.07, 6.45) is 1.62. The Bertz CT molecular complexity index is 1250. The number of para-hydroxylation sites is 1. The number of ether oxygens (including phenoxy) is 3. The molecular formula is C26H28N4O4S. The van der Waals surface area contributed by atoms with Gasteiger partial charge in [-0.2, -0.15) is 15.1 Å². The molecule has 0 unspecified atom stereocenters. The summed E-state index contributed by atoms with van der Waals surface area (Å²) in [4.78, 5) is 16.8. The van der Waals surface area contributed by atoms with E-state index in [4.69, 9.17) is 19.6 Å². The highest BCUT2D eigenvalue weighted by Gasteiger charge is 2.36. The number of amidine groups is 2. The summed E-state index contributed by atoms with van der Waals surface area (Å²) in [5.74, 6) is 1.68. The van der Waals surface area contributed by atoms with Gasteiger partial charge in [0.05, 0.1) is 12.7 Å². The van der Waals surface area contributed by atoms with E-state index in [1.807, 2.05) is 45.9 Å². The molecule has 0 spiro atoms. The average Bonchev–Trinajstić information content (AvgIpc) is 3.26. The van der Waals surface area contributed by atoms with E-state index in [0.717, 1.165) is 21.9 Å². The number of aliphatic imine (C=N–C) groups is 1. The molecule has 182 valence electrons. The molecule has 2 aromatic rings. The minimum Gasteiger partial charge on any atom is -0.493 e. The van der Waals surface area contributed by atoms with Crippen molar-refractivity contribution in [3.63, 3.8) is 0 Å². The molecule has 9 heteroatoms. The number of hydrogen-bond donors (Lipinski definition) is 1. The van der Waals surface area contributed by atoms with Crippen LogP contribution in [0.1, 0.15) is 30.5 Å². The van der Waals surface area contributed by atoms with Crippen molar-refractivity contribution in [2.75, 3.05) is 20.3 Å². The monoisotopic (exact) mass is 492 g/mol. The summed E-state index contributed by atoms with van der Waals surface area (Å²) < 4.78 is 17.3. The van der Waals surface area contributed by atoms with Crippen LogP contribution >= 0.6 is 11.8 Å². The number of amides is 1. The van der Waals surface area contributed by atoms with Crippen LogP contribution in [-0.4, -0.2) is 47.3 Å². The summed E-state index contributed by atoms with van der Waals surface area (Å²) in [6.45, 7) is 8.78. The van der Waals surface area contributed by atoms with Crippen molar-refractivity contribution in [3.05, 3.63) is 58.7 Å². The molecule has 0 saturated heterocycles. The molecule has 1 N–H and O–H groups in total. The predicted octanol–water partition coefficient (Wildman–Crippen LogP) is 5.05. The van der Waals surface area contributed by atoms with Gasteiger partial charge in [-0.3, -0.25) is 10.2 Å². The normalized spacial score (nSPS) is 16.4. The lowest BCUT2D eigenvalue weighted by Gasteiger charge is -2.20. The van der Waals surface area contributed by atoms with Crippen LogP contribution in [0.2, 0.25) is 0 Å². The van der Waals surface area contributed by atoms with E-state index in [-0.39, 0.29) is 17.3 Å². The molecule has 0 bridgehead atoms. The summed E-state index contributed by atoms with van der Waals surface area (Å²) in [6, 6.07) is 11.4. The number of benzene rings is 2. The number of fused-ring (bicyclic) bond motifs is 1. The van der Waals surface area contributed by atoms with Crippen LogP contribution < -0.4 is 14.2 Å². The standard InChI is InChI=1S/C26H28N4O4S/c1-15(2)25-29-30-23(27)19(24(31)28-26(30)35-25)13-18-9-10-20(21(14-18)32-5)33-11-12-34-22-16(3)7-6-8-17(22)4/h6-10,13-15,27H,11-12H2,1-5H3/b19-13-,27-23?. The third-order valence-corrected chi connectivity index (χ3v) is 6.67. The molecule has 2 aromatic carbocycles. The minimum absolute atomic E-state index is 0.00564. The zero-order valence-electron chi connectivity index (χ0n) is 20.4. The SMILES string of the molecule is COc1cc(/C=C2/C(=N)N3N=C(C(C)C)SC3=NC2=O)ccc1OCCOc1c(C)cccc1C. The lowest BCUT2D eigenvalue weighted by molar-refractivity contribution is -0.114. The van der Waals surface area contributed by atoms with E-state index in [0.29, 0.717) is 35.4 Å². The Balaban J connectivity index is 1.45. The van der Waals surface area contributed by atoms with Gasteiger partial charge in [0.15, 0.2) is 17.3 Å². The molecule has 0 saturated carbocycles. The number of nitrogens with one attached hydrogen (secondary N) is 1. The van der Waals surface area contributed by atoms with Gasteiger partial charge in [-0.05, 0) is 60.5 Å². The van der Waals surface area contributed by atoms with Crippen molar-refractivity contribution in [2.45, 2.75) is 27.7 Å². The van der Waals surface area contributed by atoms with Gasteiger partial charge >= 0.3 is 0 Å². The number of carbonyl (C=O) groups excluding carboxylic acids is 1. The molecule has 2 aliphatic rings. The number of hydrazone groups is 1. The molecule has 8 nitrogen and oxygen atoms in total. The first-order valence-electron chi connectivity index (χ1n) is 11.3. The van der Waals surface area contributed by atoms with E-state index in [1.165, 1.54) is 16.8 Å². The third-order valence-electron chi connectivity index (χ3n) is 5.46. The second-order valence-electron chi connectivity index (χ2n) is 8.44. The molecule has 0 radical (unpaired) electrons. The van der Waals surface area contributed by atoms with Crippen LogP contribution in [0.15, 0.2) is 52.1 Å². The topological polar surface area (TPSA) is 96.6 Å². The van der Waals surface area contributed by atoms with Gasteiger partial charge in [-0.1, -0.05) is 38.1 Å². The molecule has 0 atom stereocenters. The van der Waals surface area contributed by atoms with Gasteiger partial charge in [0, 0.05) is 5.92 Å². The van der Waals surface area contributed by atoms with Crippen LogP contribution in [0.3, 0.4) is 0 Å². The van der Waals surface area contributed by atoms with Crippen LogP contribution in [0, 0.1) is 25.2 Å². The van der Waals surface area contributed by atoms with E-state index in [9.17, 15) is 4.79 Å². The second kappa shape index (κ2) is 10.4. The lowest BCUT2D eigenvalue weighted by Crippen LogP contribution is -2.35. The fourth-order valence-electron chi connectivity index (χ4n) is 3.62. The van der Waals surface area contributed by atoms with Gasteiger partial charge in [-0.25, -0.2) is 0 Å². The molecule has 1 amide bonds.